The molecular formula is C11H16N2OS. The first-order valence-electron chi connectivity index (χ1n) is 5.11. The van der Waals surface area contributed by atoms with Crippen LogP contribution < -0.4 is 11.1 Å². The summed E-state index contributed by atoms with van der Waals surface area (Å²) in [6.45, 7) is 4.36. The lowest BCUT2D eigenvalue weighted by Crippen LogP contribution is -2.23. The van der Waals surface area contributed by atoms with Crippen LogP contribution in [0.3, 0.4) is 0 Å². The molecule has 3 nitrogen and oxygen atoms in total. The van der Waals surface area contributed by atoms with Crippen LogP contribution in [-0.4, -0.2) is 13.0 Å². The first kappa shape index (κ1) is 10.5. The summed E-state index contributed by atoms with van der Waals surface area (Å²) < 4.78 is 0. The molecule has 1 aliphatic rings. The van der Waals surface area contributed by atoms with Gasteiger partial charge in [-0.15, -0.1) is 11.3 Å². The molecule has 0 fully saturated rings. The molecule has 0 saturated heterocycles. The minimum Gasteiger partial charge on any atom is -0.390 e. The van der Waals surface area contributed by atoms with Crippen LogP contribution in [0.15, 0.2) is 0 Å². The average Bonchev–Trinajstić information content (AvgIpc) is 2.64. The van der Waals surface area contributed by atoms with Crippen LogP contribution in [-0.2, 0) is 11.8 Å². The van der Waals surface area contributed by atoms with Crippen LogP contribution in [0.1, 0.15) is 41.1 Å². The fraction of sp³-hybridized carbons (Fsp3) is 0.545. The zero-order valence-electron chi connectivity index (χ0n) is 9.31. The molecular weight excluding hydrogens is 208 g/mol. The summed E-state index contributed by atoms with van der Waals surface area (Å²) in [5.74, 6) is -0.0556. The highest BCUT2D eigenvalue weighted by Gasteiger charge is 2.37. The number of nitrogen functional groups attached to an aromatic ring is 1. The fourth-order valence-electron chi connectivity index (χ4n) is 2.29. The molecule has 1 heterocycles. The van der Waals surface area contributed by atoms with Gasteiger partial charge in [0.25, 0.3) is 5.91 Å². The number of anilines is 1. The van der Waals surface area contributed by atoms with E-state index in [0.29, 0.717) is 10.6 Å². The summed E-state index contributed by atoms with van der Waals surface area (Å²) in [6, 6.07) is 0. The summed E-state index contributed by atoms with van der Waals surface area (Å²) >= 11 is 1.57. The zero-order valence-corrected chi connectivity index (χ0v) is 10.1. The van der Waals surface area contributed by atoms with E-state index in [4.69, 9.17) is 5.73 Å². The largest absolute Gasteiger partial charge is 0.390 e. The molecule has 0 spiro atoms. The van der Waals surface area contributed by atoms with Gasteiger partial charge in [0, 0.05) is 11.9 Å². The molecule has 1 aliphatic carbocycles. The Morgan fingerprint density at radius 2 is 2.20 bits per heavy atom. The summed E-state index contributed by atoms with van der Waals surface area (Å²) in [7, 11) is 1.65. The van der Waals surface area contributed by atoms with Crippen molar-refractivity contribution >= 4 is 22.2 Å². The van der Waals surface area contributed by atoms with E-state index in [1.165, 1.54) is 10.4 Å². The Kier molecular flexibility index (Phi) is 2.26. The summed E-state index contributed by atoms with van der Waals surface area (Å²) in [5.41, 5.74) is 7.87. The van der Waals surface area contributed by atoms with E-state index in [0.717, 1.165) is 12.8 Å². The molecule has 82 valence electrons. The quantitative estimate of drug-likeness (QED) is 0.765. The molecule has 1 aromatic rings. The number of rotatable bonds is 1. The number of fused-ring (bicyclic) bond motifs is 1. The normalized spacial score (nSPS) is 17.5. The highest BCUT2D eigenvalue weighted by atomic mass is 32.1. The molecule has 0 bridgehead atoms. The van der Waals surface area contributed by atoms with Crippen molar-refractivity contribution in [2.45, 2.75) is 32.1 Å². The number of carbonyl (C=O) groups is 1. The minimum absolute atomic E-state index is 0.0556. The minimum atomic E-state index is -0.0556. The average molecular weight is 224 g/mol. The maximum atomic E-state index is 11.8. The van der Waals surface area contributed by atoms with Gasteiger partial charge < -0.3 is 11.1 Å². The smallest absolute Gasteiger partial charge is 0.254 e. The molecule has 0 aromatic carbocycles. The van der Waals surface area contributed by atoms with E-state index in [1.54, 1.807) is 18.4 Å². The van der Waals surface area contributed by atoms with Crippen molar-refractivity contribution in [3.8, 4) is 0 Å². The zero-order chi connectivity index (χ0) is 11.2. The highest BCUT2D eigenvalue weighted by molar-refractivity contribution is 7.16. The second-order valence-corrected chi connectivity index (χ2v) is 5.74. The van der Waals surface area contributed by atoms with Crippen molar-refractivity contribution in [3.05, 3.63) is 16.0 Å². The lowest BCUT2D eigenvalue weighted by molar-refractivity contribution is 0.0962. The maximum Gasteiger partial charge on any atom is 0.254 e. The monoisotopic (exact) mass is 224 g/mol. The van der Waals surface area contributed by atoms with Crippen molar-refractivity contribution in [1.82, 2.24) is 5.32 Å². The van der Waals surface area contributed by atoms with Crippen molar-refractivity contribution in [1.29, 1.82) is 0 Å². The maximum absolute atomic E-state index is 11.8. The molecule has 1 amide bonds. The third-order valence-corrected chi connectivity index (χ3v) is 4.20. The predicted octanol–water partition coefficient (Wildman–Crippen LogP) is 1.91. The van der Waals surface area contributed by atoms with Gasteiger partial charge in [0.05, 0.1) is 10.6 Å². The van der Waals surface area contributed by atoms with Gasteiger partial charge in [-0.2, -0.15) is 0 Å². The summed E-state index contributed by atoms with van der Waals surface area (Å²) in [5, 5.41) is 3.32. The van der Waals surface area contributed by atoms with Crippen LogP contribution in [0, 0.1) is 0 Å². The molecule has 4 heteroatoms. The molecule has 2 rings (SSSR count). The number of aryl methyl sites for hydroxylation is 1. The van der Waals surface area contributed by atoms with Crippen molar-refractivity contribution in [2.24, 2.45) is 0 Å². The first-order chi connectivity index (χ1) is 6.97. The Bertz CT molecular complexity index is 420. The van der Waals surface area contributed by atoms with Crippen LogP contribution in [0.5, 0.6) is 0 Å². The van der Waals surface area contributed by atoms with E-state index in [-0.39, 0.29) is 11.3 Å². The highest BCUT2D eigenvalue weighted by Crippen LogP contribution is 2.46. The van der Waals surface area contributed by atoms with Crippen LogP contribution in [0.4, 0.5) is 5.00 Å². The molecule has 0 saturated carbocycles. The third-order valence-electron chi connectivity index (χ3n) is 3.12. The molecule has 0 radical (unpaired) electrons. The second kappa shape index (κ2) is 3.23. The van der Waals surface area contributed by atoms with Gasteiger partial charge >= 0.3 is 0 Å². The van der Waals surface area contributed by atoms with Crippen molar-refractivity contribution in [3.63, 3.8) is 0 Å². The Labute approximate surface area is 93.7 Å². The third kappa shape index (κ3) is 1.44. The van der Waals surface area contributed by atoms with Gasteiger partial charge in [-0.05, 0) is 23.8 Å². The Hall–Kier alpha value is -1.03. The first-order valence-corrected chi connectivity index (χ1v) is 5.92. The van der Waals surface area contributed by atoms with E-state index in [1.807, 2.05) is 0 Å². The van der Waals surface area contributed by atoms with Gasteiger partial charge in [-0.1, -0.05) is 13.8 Å². The lowest BCUT2D eigenvalue weighted by atomic mass is 9.85. The number of nitrogens with one attached hydrogen (secondary N) is 1. The molecule has 15 heavy (non-hydrogen) atoms. The molecule has 0 atom stereocenters. The molecule has 3 N–H and O–H groups in total. The standard InChI is InChI=1S/C11H16N2OS/c1-11(2)5-4-6-8(11)7(9(12)15-6)10(14)13-3/h4-5,12H2,1-3H3,(H,13,14). The van der Waals surface area contributed by atoms with Crippen LogP contribution in [0.2, 0.25) is 0 Å². The van der Waals surface area contributed by atoms with Gasteiger partial charge in [-0.25, -0.2) is 0 Å². The van der Waals surface area contributed by atoms with E-state index in [2.05, 4.69) is 19.2 Å². The van der Waals surface area contributed by atoms with Gasteiger partial charge in [-0.3, -0.25) is 4.79 Å². The number of thiophene rings is 1. The summed E-state index contributed by atoms with van der Waals surface area (Å²) in [4.78, 5) is 13.0. The Morgan fingerprint density at radius 1 is 1.53 bits per heavy atom. The fourth-order valence-corrected chi connectivity index (χ4v) is 3.54. The van der Waals surface area contributed by atoms with E-state index >= 15 is 0 Å². The van der Waals surface area contributed by atoms with Crippen LogP contribution in [0.25, 0.3) is 0 Å². The Balaban J connectivity index is 2.61. The molecule has 0 unspecified atom stereocenters. The predicted molar refractivity (Wildman–Crippen MR) is 63.5 cm³/mol. The number of hydrogen-bond acceptors (Lipinski definition) is 3. The van der Waals surface area contributed by atoms with Gasteiger partial charge in [0.2, 0.25) is 0 Å². The SMILES string of the molecule is CNC(=O)c1c(N)sc2c1C(C)(C)CC2. The summed E-state index contributed by atoms with van der Waals surface area (Å²) in [6.07, 6.45) is 2.16. The van der Waals surface area contributed by atoms with Gasteiger partial charge in [0.1, 0.15) is 0 Å². The van der Waals surface area contributed by atoms with E-state index < -0.39 is 0 Å². The Morgan fingerprint density at radius 3 is 2.80 bits per heavy atom. The number of nitrogens with two attached hydrogens (primary N) is 1. The number of amides is 1. The molecule has 0 aliphatic heterocycles. The molecule has 1 aromatic heterocycles. The van der Waals surface area contributed by atoms with Crippen molar-refractivity contribution in [2.75, 3.05) is 12.8 Å². The lowest BCUT2D eigenvalue weighted by Gasteiger charge is -2.19. The van der Waals surface area contributed by atoms with Gasteiger partial charge in [0.15, 0.2) is 0 Å². The van der Waals surface area contributed by atoms with E-state index in [9.17, 15) is 4.79 Å². The van der Waals surface area contributed by atoms with Crippen molar-refractivity contribution < 1.29 is 4.79 Å². The second-order valence-electron chi connectivity index (χ2n) is 4.60. The number of carbonyl (C=O) groups excluding carboxylic acids is 1. The topological polar surface area (TPSA) is 55.1 Å². The number of hydrogen-bond donors (Lipinski definition) is 2. The van der Waals surface area contributed by atoms with Crippen LogP contribution >= 0.6 is 11.3 Å².